The van der Waals surface area contributed by atoms with E-state index in [-0.39, 0.29) is 19.5 Å². The van der Waals surface area contributed by atoms with Gasteiger partial charge in [0.25, 0.3) is 0 Å². The molecule has 0 aliphatic carbocycles. The van der Waals surface area contributed by atoms with Crippen molar-refractivity contribution in [3.05, 3.63) is 0 Å². The maximum absolute atomic E-state index is 11.3. The molecular weight excluding hydrogens is 259 g/mol. The second-order valence-corrected chi connectivity index (χ2v) is 6.42. The molecular formula is C10H19N2O5P. The highest BCUT2D eigenvalue weighted by Gasteiger charge is 2.28. The SMILES string of the molecule is C#CCCC(=O)N(O)CNC(C)C(O)P(C)(=O)O. The minimum absolute atomic E-state index is 0.0118. The Labute approximate surface area is 106 Å². The van der Waals surface area contributed by atoms with E-state index in [9.17, 15) is 19.7 Å². The first-order chi connectivity index (χ1) is 8.20. The molecule has 1 amide bonds. The van der Waals surface area contributed by atoms with Gasteiger partial charge < -0.3 is 10.00 Å². The van der Waals surface area contributed by atoms with Crippen molar-refractivity contribution in [1.29, 1.82) is 0 Å². The number of nitrogens with one attached hydrogen (secondary N) is 1. The summed E-state index contributed by atoms with van der Waals surface area (Å²) in [5.74, 6) is 0.237. The van der Waals surface area contributed by atoms with E-state index in [1.807, 2.05) is 0 Å². The van der Waals surface area contributed by atoms with Gasteiger partial charge in [-0.15, -0.1) is 12.3 Å². The van der Waals surface area contributed by atoms with Gasteiger partial charge in [-0.2, -0.15) is 0 Å². The van der Waals surface area contributed by atoms with Crippen LogP contribution in [0.15, 0.2) is 0 Å². The third kappa shape index (κ3) is 6.15. The third-order valence-electron chi connectivity index (χ3n) is 2.27. The smallest absolute Gasteiger partial charge is 0.248 e. The summed E-state index contributed by atoms with van der Waals surface area (Å²) in [6.45, 7) is 2.24. The minimum Gasteiger partial charge on any atom is -0.381 e. The van der Waals surface area contributed by atoms with Crippen molar-refractivity contribution in [2.75, 3.05) is 13.3 Å². The van der Waals surface area contributed by atoms with Crippen molar-refractivity contribution in [3.8, 4) is 12.3 Å². The number of rotatable bonds is 7. The zero-order valence-electron chi connectivity index (χ0n) is 10.4. The van der Waals surface area contributed by atoms with Crippen molar-refractivity contribution in [2.45, 2.75) is 31.7 Å². The summed E-state index contributed by atoms with van der Waals surface area (Å²) in [5, 5.41) is 21.8. The first-order valence-corrected chi connectivity index (χ1v) is 7.51. The van der Waals surface area contributed by atoms with Crippen LogP contribution in [0.2, 0.25) is 0 Å². The van der Waals surface area contributed by atoms with E-state index in [1.54, 1.807) is 0 Å². The Kier molecular flexibility index (Phi) is 7.14. The molecule has 104 valence electrons. The molecule has 0 fully saturated rings. The van der Waals surface area contributed by atoms with Gasteiger partial charge in [0.15, 0.2) is 0 Å². The number of carbonyl (C=O) groups is 1. The number of carbonyl (C=O) groups excluding carboxylic acids is 1. The molecule has 7 nitrogen and oxygen atoms in total. The Morgan fingerprint density at radius 3 is 2.61 bits per heavy atom. The van der Waals surface area contributed by atoms with E-state index in [4.69, 9.17) is 11.3 Å². The standard InChI is InChI=1S/C10H19N2O5P/c1-4-5-6-9(13)12(15)7-11-8(2)10(14)18(3,16)17/h1,8,10-11,14-15H,5-7H2,2-3H3,(H,16,17). The van der Waals surface area contributed by atoms with Gasteiger partial charge in [-0.05, 0) is 6.92 Å². The topological polar surface area (TPSA) is 110 Å². The highest BCUT2D eigenvalue weighted by atomic mass is 31.2. The lowest BCUT2D eigenvalue weighted by Crippen LogP contribution is -2.44. The van der Waals surface area contributed by atoms with Crippen LogP contribution in [0.25, 0.3) is 0 Å². The maximum atomic E-state index is 11.3. The van der Waals surface area contributed by atoms with Crippen molar-refractivity contribution in [2.24, 2.45) is 0 Å². The van der Waals surface area contributed by atoms with E-state index in [0.29, 0.717) is 5.06 Å². The largest absolute Gasteiger partial charge is 0.381 e. The molecule has 0 spiro atoms. The Morgan fingerprint density at radius 2 is 2.17 bits per heavy atom. The second-order valence-electron chi connectivity index (χ2n) is 4.01. The van der Waals surface area contributed by atoms with Gasteiger partial charge in [0.2, 0.25) is 13.3 Å². The summed E-state index contributed by atoms with van der Waals surface area (Å²) in [5.41, 5.74) is 0. The van der Waals surface area contributed by atoms with Crippen molar-refractivity contribution in [3.63, 3.8) is 0 Å². The van der Waals surface area contributed by atoms with Gasteiger partial charge in [-0.3, -0.25) is 19.9 Å². The molecule has 0 aromatic rings. The number of terminal acetylenes is 1. The fraction of sp³-hybridized carbons (Fsp3) is 0.700. The number of aliphatic hydroxyl groups is 1. The van der Waals surface area contributed by atoms with E-state index in [0.717, 1.165) is 6.66 Å². The summed E-state index contributed by atoms with van der Waals surface area (Å²) >= 11 is 0. The minimum atomic E-state index is -3.63. The summed E-state index contributed by atoms with van der Waals surface area (Å²) in [7, 11) is -3.63. The van der Waals surface area contributed by atoms with Gasteiger partial charge >= 0.3 is 0 Å². The lowest BCUT2D eigenvalue weighted by atomic mass is 10.3. The zero-order chi connectivity index (χ0) is 14.3. The summed E-state index contributed by atoms with van der Waals surface area (Å²) in [6.07, 6.45) is 5.21. The Bertz CT molecular complexity index is 362. The number of aliphatic hydroxyl groups excluding tert-OH is 1. The van der Waals surface area contributed by atoms with Crippen LogP contribution >= 0.6 is 7.37 Å². The monoisotopic (exact) mass is 278 g/mol. The molecule has 0 aromatic heterocycles. The van der Waals surface area contributed by atoms with Gasteiger partial charge in [-0.1, -0.05) is 0 Å². The molecule has 3 atom stereocenters. The Morgan fingerprint density at radius 1 is 1.61 bits per heavy atom. The van der Waals surface area contributed by atoms with Crippen molar-refractivity contribution < 1.29 is 24.6 Å². The number of amides is 1. The van der Waals surface area contributed by atoms with Crippen LogP contribution in [0.5, 0.6) is 0 Å². The molecule has 0 saturated heterocycles. The van der Waals surface area contributed by atoms with E-state index in [2.05, 4.69) is 11.2 Å². The molecule has 0 rings (SSSR count). The quantitative estimate of drug-likeness (QED) is 0.168. The van der Waals surface area contributed by atoms with Crippen molar-refractivity contribution >= 4 is 13.3 Å². The molecule has 0 aliphatic heterocycles. The molecule has 0 saturated carbocycles. The fourth-order valence-electron chi connectivity index (χ4n) is 1.15. The molecule has 8 heteroatoms. The molecule has 0 aliphatic rings. The van der Waals surface area contributed by atoms with E-state index < -0.39 is 25.2 Å². The predicted molar refractivity (Wildman–Crippen MR) is 65.9 cm³/mol. The Balaban J connectivity index is 4.14. The number of hydrogen-bond acceptors (Lipinski definition) is 5. The molecule has 18 heavy (non-hydrogen) atoms. The van der Waals surface area contributed by atoms with Crippen LogP contribution < -0.4 is 5.32 Å². The van der Waals surface area contributed by atoms with Gasteiger partial charge in [0.1, 0.15) is 5.85 Å². The van der Waals surface area contributed by atoms with Crippen LogP contribution in [0.1, 0.15) is 19.8 Å². The van der Waals surface area contributed by atoms with Crippen LogP contribution in [-0.4, -0.2) is 51.4 Å². The van der Waals surface area contributed by atoms with E-state index >= 15 is 0 Å². The van der Waals surface area contributed by atoms with Crippen molar-refractivity contribution in [1.82, 2.24) is 10.4 Å². The second kappa shape index (κ2) is 7.52. The average Bonchev–Trinajstić information content (AvgIpc) is 2.30. The average molecular weight is 278 g/mol. The third-order valence-corrected chi connectivity index (χ3v) is 3.70. The number of hydroxylamine groups is 2. The summed E-state index contributed by atoms with van der Waals surface area (Å²) < 4.78 is 11.2. The molecule has 4 N–H and O–H groups in total. The first kappa shape index (κ1) is 17.1. The van der Waals surface area contributed by atoms with Crippen LogP contribution in [-0.2, 0) is 9.36 Å². The van der Waals surface area contributed by atoms with Gasteiger partial charge in [0, 0.05) is 25.5 Å². The molecule has 0 aromatic carbocycles. The molecule has 3 unspecified atom stereocenters. The molecule has 0 heterocycles. The molecule has 0 radical (unpaired) electrons. The fourth-order valence-corrected chi connectivity index (χ4v) is 2.08. The Hall–Kier alpha value is -0.900. The maximum Gasteiger partial charge on any atom is 0.248 e. The zero-order valence-corrected chi connectivity index (χ0v) is 11.3. The summed E-state index contributed by atoms with van der Waals surface area (Å²) in [4.78, 5) is 20.4. The highest BCUT2D eigenvalue weighted by Crippen LogP contribution is 2.41. The first-order valence-electron chi connectivity index (χ1n) is 5.34. The van der Waals surface area contributed by atoms with E-state index in [1.165, 1.54) is 6.92 Å². The van der Waals surface area contributed by atoms with Gasteiger partial charge in [0.05, 0.1) is 6.67 Å². The molecule has 0 bridgehead atoms. The number of hydrogen-bond donors (Lipinski definition) is 4. The lowest BCUT2D eigenvalue weighted by Gasteiger charge is -2.24. The summed E-state index contributed by atoms with van der Waals surface area (Å²) in [6, 6.07) is -0.749. The van der Waals surface area contributed by atoms with Crippen LogP contribution in [0.3, 0.4) is 0 Å². The highest BCUT2D eigenvalue weighted by molar-refractivity contribution is 7.57. The lowest BCUT2D eigenvalue weighted by molar-refractivity contribution is -0.167. The normalized spacial score (nSPS) is 17.3. The van der Waals surface area contributed by atoms with Crippen LogP contribution in [0.4, 0.5) is 0 Å². The predicted octanol–water partition coefficient (Wildman–Crippen LogP) is -0.228. The number of nitrogens with zero attached hydrogens (tertiary/aromatic N) is 1. The van der Waals surface area contributed by atoms with Gasteiger partial charge in [-0.25, -0.2) is 5.06 Å². The van der Waals surface area contributed by atoms with Crippen LogP contribution in [0, 0.1) is 12.3 Å².